The molecule has 0 unspecified atom stereocenters. The van der Waals surface area contributed by atoms with Gasteiger partial charge in [0.05, 0.1) is 0 Å². The molecule has 2 aromatic rings. The number of amides is 2. The summed E-state index contributed by atoms with van der Waals surface area (Å²) in [6, 6.07) is 10.2. The van der Waals surface area contributed by atoms with E-state index in [1.165, 1.54) is 27.0 Å². The van der Waals surface area contributed by atoms with Crippen LogP contribution in [0.25, 0.3) is 17.4 Å². The standard InChI is InChI=1S/C25H30N2O3S/c1-7-26-23(28)21(24(29)27(8-2)25(26)31)14-20-9-10-22(30-20)19-12-17(15(3)4)11-18(13-19)16(5)6/h9-16H,7-8H2,1-6H3. The van der Waals surface area contributed by atoms with Crippen molar-refractivity contribution in [3.8, 4) is 11.3 Å². The molecule has 2 amide bonds. The van der Waals surface area contributed by atoms with Crippen molar-refractivity contribution in [2.24, 2.45) is 0 Å². The SMILES string of the molecule is CCN1C(=O)C(=Cc2ccc(-c3cc(C(C)C)cc(C(C)C)c3)o2)C(=O)N(CC)C1=S. The molecule has 1 aromatic heterocycles. The first kappa shape index (κ1) is 22.9. The fraction of sp³-hybridized carbons (Fsp3) is 0.400. The lowest BCUT2D eigenvalue weighted by Crippen LogP contribution is -2.55. The molecule has 3 rings (SSSR count). The molecule has 1 aliphatic heterocycles. The van der Waals surface area contributed by atoms with Crippen molar-refractivity contribution in [2.75, 3.05) is 13.1 Å². The highest BCUT2D eigenvalue weighted by atomic mass is 32.1. The van der Waals surface area contributed by atoms with E-state index in [2.05, 4.69) is 45.9 Å². The third kappa shape index (κ3) is 4.49. The largest absolute Gasteiger partial charge is 0.457 e. The summed E-state index contributed by atoms with van der Waals surface area (Å²) in [5.74, 6) is 1.20. The maximum Gasteiger partial charge on any atom is 0.265 e. The fourth-order valence-electron chi connectivity index (χ4n) is 3.60. The van der Waals surface area contributed by atoms with Gasteiger partial charge in [0, 0.05) is 18.7 Å². The van der Waals surface area contributed by atoms with E-state index in [1.54, 1.807) is 6.07 Å². The van der Waals surface area contributed by atoms with Crippen LogP contribution in [0.15, 0.2) is 40.3 Å². The Hall–Kier alpha value is -2.73. The van der Waals surface area contributed by atoms with Gasteiger partial charge in [0.15, 0.2) is 5.11 Å². The van der Waals surface area contributed by atoms with Crippen molar-refractivity contribution in [1.82, 2.24) is 9.80 Å². The van der Waals surface area contributed by atoms with Crippen LogP contribution >= 0.6 is 12.2 Å². The van der Waals surface area contributed by atoms with Crippen molar-refractivity contribution in [1.29, 1.82) is 0 Å². The minimum absolute atomic E-state index is 0.0667. The molecule has 0 atom stereocenters. The Morgan fingerprint density at radius 3 is 1.87 bits per heavy atom. The number of hydrogen-bond donors (Lipinski definition) is 0. The molecular weight excluding hydrogens is 408 g/mol. The maximum absolute atomic E-state index is 12.8. The first-order chi connectivity index (χ1) is 14.7. The highest BCUT2D eigenvalue weighted by molar-refractivity contribution is 7.80. The predicted molar refractivity (Wildman–Crippen MR) is 128 cm³/mol. The molecule has 6 heteroatoms. The molecule has 0 aliphatic carbocycles. The van der Waals surface area contributed by atoms with Crippen molar-refractivity contribution in [3.05, 3.63) is 52.8 Å². The summed E-state index contributed by atoms with van der Waals surface area (Å²) in [5, 5.41) is 0.254. The Morgan fingerprint density at radius 2 is 1.42 bits per heavy atom. The van der Waals surface area contributed by atoms with E-state index >= 15 is 0 Å². The second-order valence-corrected chi connectivity index (χ2v) is 8.70. The molecule has 1 saturated heterocycles. The third-order valence-corrected chi connectivity index (χ3v) is 6.00. The van der Waals surface area contributed by atoms with Gasteiger partial charge in [0.25, 0.3) is 11.8 Å². The van der Waals surface area contributed by atoms with Crippen LogP contribution < -0.4 is 0 Å². The zero-order chi connectivity index (χ0) is 22.9. The van der Waals surface area contributed by atoms with Gasteiger partial charge in [-0.15, -0.1) is 0 Å². The van der Waals surface area contributed by atoms with E-state index in [1.807, 2.05) is 19.9 Å². The Morgan fingerprint density at radius 1 is 0.903 bits per heavy atom. The quantitative estimate of drug-likeness (QED) is 0.336. The van der Waals surface area contributed by atoms with Gasteiger partial charge in [-0.3, -0.25) is 19.4 Å². The molecule has 1 fully saturated rings. The lowest BCUT2D eigenvalue weighted by Gasteiger charge is -2.35. The molecule has 164 valence electrons. The first-order valence-electron chi connectivity index (χ1n) is 10.8. The zero-order valence-corrected chi connectivity index (χ0v) is 19.9. The number of furan rings is 1. The Balaban J connectivity index is 2.01. The number of hydrogen-bond acceptors (Lipinski definition) is 4. The van der Waals surface area contributed by atoms with Crippen LogP contribution in [0, 0.1) is 0 Å². The minimum atomic E-state index is -0.385. The van der Waals surface area contributed by atoms with E-state index in [0.717, 1.165) is 5.56 Å². The first-order valence-corrected chi connectivity index (χ1v) is 11.2. The normalized spacial score (nSPS) is 15.0. The van der Waals surface area contributed by atoms with Crippen LogP contribution in [0.1, 0.15) is 70.3 Å². The van der Waals surface area contributed by atoms with Gasteiger partial charge in [-0.2, -0.15) is 0 Å². The van der Waals surface area contributed by atoms with E-state index < -0.39 is 0 Å². The predicted octanol–water partition coefficient (Wildman–Crippen LogP) is 5.57. The Labute approximate surface area is 189 Å². The lowest BCUT2D eigenvalue weighted by molar-refractivity contribution is -0.133. The molecule has 5 nitrogen and oxygen atoms in total. The summed E-state index contributed by atoms with van der Waals surface area (Å²) in [5.41, 5.74) is 3.56. The molecule has 1 aliphatic rings. The van der Waals surface area contributed by atoms with Gasteiger partial charge in [-0.05, 0) is 79.4 Å². The molecule has 0 bridgehead atoms. The van der Waals surface area contributed by atoms with Gasteiger partial charge in [-0.1, -0.05) is 33.8 Å². The smallest absolute Gasteiger partial charge is 0.265 e. The highest BCUT2D eigenvalue weighted by Gasteiger charge is 2.38. The van der Waals surface area contributed by atoms with Gasteiger partial charge in [0.2, 0.25) is 0 Å². The summed E-state index contributed by atoms with van der Waals surface area (Å²) in [7, 11) is 0. The number of likely N-dealkylation sites (N-methyl/N-ethyl adjacent to an activating group) is 2. The molecule has 31 heavy (non-hydrogen) atoms. The topological polar surface area (TPSA) is 53.8 Å². The molecule has 1 aromatic carbocycles. The summed E-state index contributed by atoms with van der Waals surface area (Å²) in [4.78, 5) is 28.6. The number of benzene rings is 1. The van der Waals surface area contributed by atoms with Crippen LogP contribution in [0.5, 0.6) is 0 Å². The van der Waals surface area contributed by atoms with Crippen molar-refractivity contribution < 1.29 is 14.0 Å². The average molecular weight is 439 g/mol. The summed E-state index contributed by atoms with van der Waals surface area (Å²) < 4.78 is 6.05. The summed E-state index contributed by atoms with van der Waals surface area (Å²) in [6.07, 6.45) is 1.52. The minimum Gasteiger partial charge on any atom is -0.457 e. The molecule has 0 N–H and O–H groups in total. The van der Waals surface area contributed by atoms with Gasteiger partial charge in [-0.25, -0.2) is 0 Å². The highest BCUT2D eigenvalue weighted by Crippen LogP contribution is 2.31. The lowest BCUT2D eigenvalue weighted by atomic mass is 9.92. The van der Waals surface area contributed by atoms with Crippen molar-refractivity contribution in [2.45, 2.75) is 53.4 Å². The van der Waals surface area contributed by atoms with Gasteiger partial charge < -0.3 is 4.42 Å². The number of carbonyl (C=O) groups is 2. The van der Waals surface area contributed by atoms with Gasteiger partial charge in [0.1, 0.15) is 17.1 Å². The van der Waals surface area contributed by atoms with E-state index in [4.69, 9.17) is 16.6 Å². The van der Waals surface area contributed by atoms with Crippen molar-refractivity contribution in [3.63, 3.8) is 0 Å². The number of rotatable bonds is 6. The summed E-state index contributed by atoms with van der Waals surface area (Å²) >= 11 is 5.31. The average Bonchev–Trinajstić information content (AvgIpc) is 3.20. The second kappa shape index (κ2) is 9.18. The third-order valence-electron chi connectivity index (χ3n) is 5.55. The second-order valence-electron chi connectivity index (χ2n) is 8.34. The molecule has 2 heterocycles. The maximum atomic E-state index is 12.8. The van der Waals surface area contributed by atoms with Crippen LogP contribution in [0.2, 0.25) is 0 Å². The van der Waals surface area contributed by atoms with Crippen LogP contribution in [-0.4, -0.2) is 39.8 Å². The number of thiocarbonyl (C=S) groups is 1. The van der Waals surface area contributed by atoms with Crippen LogP contribution in [0.3, 0.4) is 0 Å². The number of nitrogens with zero attached hydrogens (tertiary/aromatic N) is 2. The zero-order valence-electron chi connectivity index (χ0n) is 19.1. The van der Waals surface area contributed by atoms with E-state index in [0.29, 0.717) is 36.4 Å². The fourth-order valence-corrected chi connectivity index (χ4v) is 4.02. The van der Waals surface area contributed by atoms with E-state index in [-0.39, 0.29) is 22.5 Å². The summed E-state index contributed by atoms with van der Waals surface area (Å²) in [6.45, 7) is 13.2. The molecule has 0 radical (unpaired) electrons. The Bertz CT molecular complexity index is 995. The van der Waals surface area contributed by atoms with E-state index in [9.17, 15) is 9.59 Å². The Kier molecular flexibility index (Phi) is 6.80. The molecule has 0 spiro atoms. The van der Waals surface area contributed by atoms with Crippen molar-refractivity contribution >= 4 is 35.2 Å². The molecular formula is C25H30N2O3S. The van der Waals surface area contributed by atoms with Crippen LogP contribution in [0.4, 0.5) is 0 Å². The molecule has 0 saturated carbocycles. The monoisotopic (exact) mass is 438 g/mol. The van der Waals surface area contributed by atoms with Gasteiger partial charge >= 0.3 is 0 Å². The van der Waals surface area contributed by atoms with Crippen LogP contribution in [-0.2, 0) is 9.59 Å². The number of carbonyl (C=O) groups excluding carboxylic acids is 2.